The minimum absolute atomic E-state index is 0.318. The highest BCUT2D eigenvalue weighted by atomic mass is 32.2. The third kappa shape index (κ3) is 4.47. The van der Waals surface area contributed by atoms with Gasteiger partial charge in [0, 0.05) is 25.5 Å². The van der Waals surface area contributed by atoms with E-state index in [4.69, 9.17) is 0 Å². The van der Waals surface area contributed by atoms with Crippen LogP contribution in [0.4, 0.5) is 0 Å². The molecule has 0 aliphatic rings. The Hall–Kier alpha value is -1.66. The van der Waals surface area contributed by atoms with E-state index in [1.165, 1.54) is 0 Å². The molecule has 0 fully saturated rings. The predicted octanol–water partition coefficient (Wildman–Crippen LogP) is 2.03. The van der Waals surface area contributed by atoms with E-state index in [9.17, 15) is 8.42 Å². The van der Waals surface area contributed by atoms with Crippen molar-refractivity contribution in [3.05, 3.63) is 49.1 Å². The van der Waals surface area contributed by atoms with Crippen molar-refractivity contribution in [3.8, 4) is 0 Å². The quantitative estimate of drug-likeness (QED) is 0.757. The Bertz CT molecular complexity index is 595. The van der Waals surface area contributed by atoms with Crippen LogP contribution in [0.5, 0.6) is 0 Å². The van der Waals surface area contributed by atoms with Gasteiger partial charge < -0.3 is 4.57 Å². The summed E-state index contributed by atoms with van der Waals surface area (Å²) in [6.45, 7) is 1.40. The number of aryl methyl sites for hydroxylation is 1. The van der Waals surface area contributed by atoms with Crippen LogP contribution >= 0.6 is 0 Å². The molecule has 1 N–H and O–H groups in total. The summed E-state index contributed by atoms with van der Waals surface area (Å²) in [6, 6.07) is 8.44. The summed E-state index contributed by atoms with van der Waals surface area (Å²) in [5, 5.41) is 0. The van der Waals surface area contributed by atoms with Crippen molar-refractivity contribution < 1.29 is 8.42 Å². The Kier molecular flexibility index (Phi) is 5.31. The Balaban J connectivity index is 1.66. The zero-order valence-electron chi connectivity index (χ0n) is 11.3. The lowest BCUT2D eigenvalue weighted by molar-refractivity contribution is 0.561. The number of hydrogen-bond acceptors (Lipinski definition) is 3. The number of nitrogens with one attached hydrogen (secondary N) is 1. The fourth-order valence-electron chi connectivity index (χ4n) is 1.90. The molecule has 0 atom stereocenters. The molecule has 0 radical (unpaired) electrons. The van der Waals surface area contributed by atoms with Crippen LogP contribution in [0.15, 0.2) is 53.9 Å². The van der Waals surface area contributed by atoms with Crippen molar-refractivity contribution in [1.29, 1.82) is 0 Å². The first-order valence-corrected chi connectivity index (χ1v) is 8.17. The van der Waals surface area contributed by atoms with Gasteiger partial charge in [-0.1, -0.05) is 24.6 Å². The topological polar surface area (TPSA) is 64.0 Å². The van der Waals surface area contributed by atoms with Crippen molar-refractivity contribution in [2.45, 2.75) is 30.7 Å². The maximum Gasteiger partial charge on any atom is 0.240 e. The average molecular weight is 293 g/mol. The lowest BCUT2D eigenvalue weighted by atomic mass is 10.2. The second-order valence-corrected chi connectivity index (χ2v) is 6.34. The molecular formula is C14H19N3O2S. The summed E-state index contributed by atoms with van der Waals surface area (Å²) in [4.78, 5) is 4.29. The van der Waals surface area contributed by atoms with E-state index in [1.807, 2.05) is 10.8 Å². The highest BCUT2D eigenvalue weighted by molar-refractivity contribution is 7.89. The Morgan fingerprint density at radius 3 is 2.60 bits per heavy atom. The summed E-state index contributed by atoms with van der Waals surface area (Å²) in [6.07, 6.45) is 8.31. The van der Waals surface area contributed by atoms with E-state index in [1.54, 1.807) is 42.9 Å². The Morgan fingerprint density at radius 2 is 1.90 bits per heavy atom. The fraction of sp³-hybridized carbons (Fsp3) is 0.357. The van der Waals surface area contributed by atoms with Crippen LogP contribution in [0.3, 0.4) is 0 Å². The van der Waals surface area contributed by atoms with Gasteiger partial charge in [0.15, 0.2) is 0 Å². The molecule has 0 saturated heterocycles. The van der Waals surface area contributed by atoms with Gasteiger partial charge in [0.2, 0.25) is 10.0 Å². The SMILES string of the molecule is O=S(=O)(NCCCCCn1ccnc1)c1ccccc1. The van der Waals surface area contributed by atoms with Gasteiger partial charge in [0.05, 0.1) is 11.2 Å². The van der Waals surface area contributed by atoms with Crippen LogP contribution in [0.1, 0.15) is 19.3 Å². The zero-order chi connectivity index (χ0) is 14.3. The van der Waals surface area contributed by atoms with E-state index >= 15 is 0 Å². The first-order chi connectivity index (χ1) is 9.68. The standard InChI is InChI=1S/C14H19N3O2S/c18-20(19,14-7-3-1-4-8-14)16-9-5-2-6-11-17-12-10-15-13-17/h1,3-4,7-8,10,12-13,16H,2,5-6,9,11H2. The van der Waals surface area contributed by atoms with Gasteiger partial charge in [0.1, 0.15) is 0 Å². The second kappa shape index (κ2) is 7.21. The third-order valence-corrected chi connectivity index (χ3v) is 4.47. The number of nitrogens with zero attached hydrogens (tertiary/aromatic N) is 2. The van der Waals surface area contributed by atoms with E-state index < -0.39 is 10.0 Å². The van der Waals surface area contributed by atoms with E-state index in [2.05, 4.69) is 9.71 Å². The molecule has 108 valence electrons. The third-order valence-electron chi connectivity index (χ3n) is 3.00. The number of imidazole rings is 1. The zero-order valence-corrected chi connectivity index (χ0v) is 12.1. The van der Waals surface area contributed by atoms with E-state index in [0.29, 0.717) is 11.4 Å². The molecule has 0 saturated carbocycles. The van der Waals surface area contributed by atoms with E-state index in [-0.39, 0.29) is 0 Å². The number of benzene rings is 1. The summed E-state index contributed by atoms with van der Waals surface area (Å²) < 4.78 is 28.5. The Labute approximate surface area is 119 Å². The number of hydrogen-bond donors (Lipinski definition) is 1. The van der Waals surface area contributed by atoms with Gasteiger partial charge >= 0.3 is 0 Å². The molecule has 2 rings (SSSR count). The molecule has 1 aromatic heterocycles. The molecule has 1 aromatic carbocycles. The first-order valence-electron chi connectivity index (χ1n) is 6.69. The predicted molar refractivity (Wildman–Crippen MR) is 77.7 cm³/mol. The normalized spacial score (nSPS) is 11.6. The van der Waals surface area contributed by atoms with Gasteiger partial charge in [-0.3, -0.25) is 0 Å². The molecule has 0 aliphatic carbocycles. The van der Waals surface area contributed by atoms with Crippen LogP contribution in [0.25, 0.3) is 0 Å². The lowest BCUT2D eigenvalue weighted by Crippen LogP contribution is -2.24. The number of sulfonamides is 1. The maximum absolute atomic E-state index is 11.9. The van der Waals surface area contributed by atoms with Gasteiger partial charge in [-0.15, -0.1) is 0 Å². The highest BCUT2D eigenvalue weighted by Crippen LogP contribution is 2.07. The molecule has 0 unspecified atom stereocenters. The highest BCUT2D eigenvalue weighted by Gasteiger charge is 2.11. The molecule has 6 heteroatoms. The van der Waals surface area contributed by atoms with Crippen molar-refractivity contribution in [1.82, 2.24) is 14.3 Å². The Morgan fingerprint density at radius 1 is 1.10 bits per heavy atom. The van der Waals surface area contributed by atoms with Gasteiger partial charge in [-0.25, -0.2) is 18.1 Å². The average Bonchev–Trinajstić information content (AvgIpc) is 2.97. The molecule has 0 spiro atoms. The van der Waals surface area contributed by atoms with Crippen molar-refractivity contribution in [2.24, 2.45) is 0 Å². The number of rotatable bonds is 8. The molecule has 0 amide bonds. The van der Waals surface area contributed by atoms with Crippen LogP contribution < -0.4 is 4.72 Å². The molecular weight excluding hydrogens is 274 g/mol. The number of aromatic nitrogens is 2. The molecule has 20 heavy (non-hydrogen) atoms. The van der Waals surface area contributed by atoms with Crippen LogP contribution in [0, 0.1) is 0 Å². The lowest BCUT2D eigenvalue weighted by Gasteiger charge is -2.06. The van der Waals surface area contributed by atoms with Crippen LogP contribution in [0.2, 0.25) is 0 Å². The minimum atomic E-state index is -3.36. The molecule has 1 heterocycles. The smallest absolute Gasteiger partial charge is 0.240 e. The number of unbranched alkanes of at least 4 members (excludes halogenated alkanes) is 2. The molecule has 2 aromatic rings. The first kappa shape index (κ1) is 14.7. The monoisotopic (exact) mass is 293 g/mol. The molecule has 5 nitrogen and oxygen atoms in total. The van der Waals surface area contributed by atoms with E-state index in [0.717, 1.165) is 25.8 Å². The van der Waals surface area contributed by atoms with Gasteiger partial charge in [0.25, 0.3) is 0 Å². The summed E-state index contributed by atoms with van der Waals surface area (Å²) in [5.41, 5.74) is 0. The van der Waals surface area contributed by atoms with Crippen molar-refractivity contribution in [3.63, 3.8) is 0 Å². The van der Waals surface area contributed by atoms with Crippen molar-refractivity contribution >= 4 is 10.0 Å². The molecule has 0 aliphatic heterocycles. The molecule has 0 bridgehead atoms. The van der Waals surface area contributed by atoms with Gasteiger partial charge in [-0.2, -0.15) is 0 Å². The fourth-order valence-corrected chi connectivity index (χ4v) is 3.00. The maximum atomic E-state index is 11.9. The summed E-state index contributed by atoms with van der Waals surface area (Å²) in [5.74, 6) is 0. The van der Waals surface area contributed by atoms with Gasteiger partial charge in [-0.05, 0) is 25.0 Å². The summed E-state index contributed by atoms with van der Waals surface area (Å²) >= 11 is 0. The van der Waals surface area contributed by atoms with Crippen molar-refractivity contribution in [2.75, 3.05) is 6.54 Å². The van der Waals surface area contributed by atoms with Crippen LogP contribution in [-0.2, 0) is 16.6 Å². The largest absolute Gasteiger partial charge is 0.337 e. The van der Waals surface area contributed by atoms with Crippen LogP contribution in [-0.4, -0.2) is 24.5 Å². The second-order valence-electron chi connectivity index (χ2n) is 4.57. The summed E-state index contributed by atoms with van der Waals surface area (Å²) in [7, 11) is -3.36. The minimum Gasteiger partial charge on any atom is -0.337 e.